The zero-order valence-electron chi connectivity index (χ0n) is 12.6. The van der Waals surface area contributed by atoms with Gasteiger partial charge in [-0.05, 0) is 17.5 Å². The van der Waals surface area contributed by atoms with Gasteiger partial charge in [0.25, 0.3) is 5.56 Å². The molecule has 0 saturated heterocycles. The number of aryl methyl sites for hydroxylation is 1. The maximum Gasteiger partial charge on any atom is 0.303 e. The fraction of sp³-hybridized carbons (Fsp3) is 0.438. The van der Waals surface area contributed by atoms with Gasteiger partial charge in [-0.15, -0.1) is 0 Å². The van der Waals surface area contributed by atoms with Crippen LogP contribution in [0.1, 0.15) is 33.0 Å². The number of rotatable bonds is 4. The smallest absolute Gasteiger partial charge is 0.303 e. The highest BCUT2D eigenvalue weighted by Gasteiger charge is 2.18. The van der Waals surface area contributed by atoms with Crippen LogP contribution in [0.25, 0.3) is 10.9 Å². The summed E-state index contributed by atoms with van der Waals surface area (Å²) >= 11 is 0. The zero-order chi connectivity index (χ0) is 15.6. The summed E-state index contributed by atoms with van der Waals surface area (Å²) in [5, 5.41) is 9.44. The first-order valence-electron chi connectivity index (χ1n) is 6.98. The molecule has 0 fully saturated rings. The van der Waals surface area contributed by atoms with Crippen LogP contribution in [-0.4, -0.2) is 20.6 Å². The Balaban J connectivity index is 2.59. The van der Waals surface area contributed by atoms with Crippen molar-refractivity contribution in [3.8, 4) is 0 Å². The lowest BCUT2D eigenvalue weighted by molar-refractivity contribution is -0.137. The molecule has 5 heteroatoms. The maximum atomic E-state index is 12.6. The Morgan fingerprint density at radius 2 is 1.95 bits per heavy atom. The molecule has 0 saturated carbocycles. The zero-order valence-corrected chi connectivity index (χ0v) is 12.6. The van der Waals surface area contributed by atoms with Gasteiger partial charge >= 0.3 is 5.97 Å². The van der Waals surface area contributed by atoms with Crippen molar-refractivity contribution in [2.45, 2.75) is 40.2 Å². The number of carboxylic acid groups (broad SMARTS) is 1. The number of carbonyl (C=O) groups is 1. The van der Waals surface area contributed by atoms with Gasteiger partial charge in [0.1, 0.15) is 5.82 Å². The third-order valence-corrected chi connectivity index (χ3v) is 3.14. The fourth-order valence-electron chi connectivity index (χ4n) is 2.26. The molecule has 0 amide bonds. The van der Waals surface area contributed by atoms with Gasteiger partial charge in [-0.1, -0.05) is 32.9 Å². The number of aromatic nitrogens is 2. The van der Waals surface area contributed by atoms with Crippen molar-refractivity contribution in [1.82, 2.24) is 9.55 Å². The quantitative estimate of drug-likeness (QED) is 0.938. The number of aliphatic carboxylic acids is 1. The molecular weight excluding hydrogens is 268 g/mol. The average molecular weight is 288 g/mol. The van der Waals surface area contributed by atoms with Crippen LogP contribution in [0.3, 0.4) is 0 Å². The first kappa shape index (κ1) is 15.2. The minimum Gasteiger partial charge on any atom is -0.481 e. The normalized spacial score (nSPS) is 11.8. The summed E-state index contributed by atoms with van der Waals surface area (Å²) in [6.07, 6.45) is 0.223. The van der Waals surface area contributed by atoms with Crippen LogP contribution in [0.15, 0.2) is 29.1 Å². The van der Waals surface area contributed by atoms with E-state index in [9.17, 15) is 9.59 Å². The summed E-state index contributed by atoms with van der Waals surface area (Å²) in [5.74, 6) is -0.351. The highest BCUT2D eigenvalue weighted by molar-refractivity contribution is 5.77. The molecule has 0 spiro atoms. The van der Waals surface area contributed by atoms with Gasteiger partial charge < -0.3 is 5.11 Å². The van der Waals surface area contributed by atoms with Crippen LogP contribution in [0.4, 0.5) is 0 Å². The number of hydrogen-bond donors (Lipinski definition) is 1. The molecule has 21 heavy (non-hydrogen) atoms. The van der Waals surface area contributed by atoms with Crippen molar-refractivity contribution in [2.24, 2.45) is 5.41 Å². The Morgan fingerprint density at radius 3 is 2.57 bits per heavy atom. The summed E-state index contributed by atoms with van der Waals surface area (Å²) in [6.45, 7) is 6.62. The summed E-state index contributed by atoms with van der Waals surface area (Å²) in [7, 11) is 0. The number of para-hydroxylation sites is 1. The van der Waals surface area contributed by atoms with Crippen LogP contribution < -0.4 is 5.56 Å². The van der Waals surface area contributed by atoms with Crippen LogP contribution in [0.2, 0.25) is 0 Å². The minimum atomic E-state index is -0.889. The fourth-order valence-corrected chi connectivity index (χ4v) is 2.26. The standard InChI is InChI=1S/C16H20N2O3/c1-16(2,3)10-18-13(8-9-14(19)20)17-12-7-5-4-6-11(12)15(18)21/h4-7H,8-10H2,1-3H3,(H,19,20). The van der Waals surface area contributed by atoms with Gasteiger partial charge in [0.2, 0.25) is 0 Å². The van der Waals surface area contributed by atoms with Gasteiger partial charge in [-0.2, -0.15) is 0 Å². The second-order valence-electron chi connectivity index (χ2n) is 6.39. The summed E-state index contributed by atoms with van der Waals surface area (Å²) < 4.78 is 1.62. The highest BCUT2D eigenvalue weighted by atomic mass is 16.4. The molecule has 0 bridgehead atoms. The summed E-state index contributed by atoms with van der Waals surface area (Å²) in [5.41, 5.74) is 0.426. The van der Waals surface area contributed by atoms with Crippen molar-refractivity contribution in [2.75, 3.05) is 0 Å². The Kier molecular flexibility index (Phi) is 4.11. The van der Waals surface area contributed by atoms with Crippen LogP contribution in [0.5, 0.6) is 0 Å². The maximum absolute atomic E-state index is 12.6. The van der Waals surface area contributed by atoms with E-state index in [1.54, 1.807) is 16.7 Å². The number of benzene rings is 1. The van der Waals surface area contributed by atoms with E-state index in [-0.39, 0.29) is 23.8 Å². The molecule has 0 aliphatic rings. The molecule has 0 atom stereocenters. The highest BCUT2D eigenvalue weighted by Crippen LogP contribution is 2.18. The van der Waals surface area contributed by atoms with Crippen LogP contribution in [0, 0.1) is 5.41 Å². The van der Waals surface area contributed by atoms with Crippen molar-refractivity contribution in [3.05, 3.63) is 40.4 Å². The Morgan fingerprint density at radius 1 is 1.29 bits per heavy atom. The first-order chi connectivity index (χ1) is 9.78. The largest absolute Gasteiger partial charge is 0.481 e. The van der Waals surface area contributed by atoms with E-state index in [2.05, 4.69) is 4.98 Å². The van der Waals surface area contributed by atoms with Crippen molar-refractivity contribution in [3.63, 3.8) is 0 Å². The van der Waals surface area contributed by atoms with E-state index >= 15 is 0 Å². The first-order valence-corrected chi connectivity index (χ1v) is 6.98. The van der Waals surface area contributed by atoms with Crippen LogP contribution >= 0.6 is 0 Å². The van der Waals surface area contributed by atoms with Gasteiger partial charge in [0.15, 0.2) is 0 Å². The Bertz CT molecular complexity index is 726. The van der Waals surface area contributed by atoms with Gasteiger partial charge in [-0.3, -0.25) is 14.2 Å². The van der Waals surface area contributed by atoms with Gasteiger partial charge in [0.05, 0.1) is 17.3 Å². The van der Waals surface area contributed by atoms with Gasteiger partial charge in [-0.25, -0.2) is 4.98 Å². The second kappa shape index (κ2) is 5.68. The molecular formula is C16H20N2O3. The molecule has 2 aromatic rings. The third-order valence-electron chi connectivity index (χ3n) is 3.14. The molecule has 0 radical (unpaired) electrons. The van der Waals surface area contributed by atoms with E-state index in [1.807, 2.05) is 32.9 Å². The molecule has 5 nitrogen and oxygen atoms in total. The number of fused-ring (bicyclic) bond motifs is 1. The molecule has 1 N–H and O–H groups in total. The van der Waals surface area contributed by atoms with E-state index in [4.69, 9.17) is 5.11 Å². The average Bonchev–Trinajstić information content (AvgIpc) is 2.39. The molecule has 0 aliphatic carbocycles. The van der Waals surface area contributed by atoms with E-state index in [0.717, 1.165) is 0 Å². The minimum absolute atomic E-state index is 0.0328. The predicted octanol–water partition coefficient (Wildman–Crippen LogP) is 2.46. The molecule has 1 heterocycles. The van der Waals surface area contributed by atoms with Gasteiger partial charge in [0, 0.05) is 13.0 Å². The SMILES string of the molecule is CC(C)(C)Cn1c(CCC(=O)O)nc2ccccc2c1=O. The predicted molar refractivity (Wildman–Crippen MR) is 81.4 cm³/mol. The molecule has 112 valence electrons. The number of hydrogen-bond acceptors (Lipinski definition) is 3. The molecule has 1 aromatic carbocycles. The van der Waals surface area contributed by atoms with Crippen molar-refractivity contribution >= 4 is 16.9 Å². The van der Waals surface area contributed by atoms with Crippen LogP contribution in [-0.2, 0) is 17.8 Å². The lowest BCUT2D eigenvalue weighted by Gasteiger charge is -2.22. The molecule has 2 rings (SSSR count). The summed E-state index contributed by atoms with van der Waals surface area (Å²) in [6, 6.07) is 7.17. The van der Waals surface area contributed by atoms with Crippen molar-refractivity contribution in [1.29, 1.82) is 0 Å². The van der Waals surface area contributed by atoms with E-state index in [0.29, 0.717) is 23.3 Å². The second-order valence-corrected chi connectivity index (χ2v) is 6.39. The number of carboxylic acids is 1. The lowest BCUT2D eigenvalue weighted by atomic mass is 9.96. The summed E-state index contributed by atoms with van der Waals surface area (Å²) in [4.78, 5) is 27.9. The number of nitrogens with zero attached hydrogens (tertiary/aromatic N) is 2. The molecule has 1 aromatic heterocycles. The van der Waals surface area contributed by atoms with E-state index < -0.39 is 5.97 Å². The molecule has 0 unspecified atom stereocenters. The van der Waals surface area contributed by atoms with E-state index in [1.165, 1.54) is 0 Å². The third kappa shape index (κ3) is 3.68. The Labute approximate surface area is 123 Å². The molecule has 0 aliphatic heterocycles. The Hall–Kier alpha value is -2.17. The monoisotopic (exact) mass is 288 g/mol. The lowest BCUT2D eigenvalue weighted by Crippen LogP contribution is -2.31. The topological polar surface area (TPSA) is 72.2 Å². The van der Waals surface area contributed by atoms with Crippen molar-refractivity contribution < 1.29 is 9.90 Å².